The van der Waals surface area contributed by atoms with Gasteiger partial charge in [0.2, 0.25) is 0 Å². The number of β-amino-alcohol motifs (C(OH)–C–C–N with tert-alkyl or cyclic N) is 1. The van der Waals surface area contributed by atoms with E-state index in [1.54, 1.807) is 6.92 Å². The number of aliphatic hydroxyl groups excluding tert-OH is 1. The smallest absolute Gasteiger partial charge is 0.870 e. The monoisotopic (exact) mass is 312 g/mol. The topological polar surface area (TPSA) is 103 Å². The summed E-state index contributed by atoms with van der Waals surface area (Å²) in [7, 11) is -2.83. The van der Waals surface area contributed by atoms with Crippen LogP contribution in [0.3, 0.4) is 0 Å². The minimum absolute atomic E-state index is 0. The number of aliphatic hydroxyl groups is 1. The summed E-state index contributed by atoms with van der Waals surface area (Å²) in [5.41, 5.74) is 0. The summed E-state index contributed by atoms with van der Waals surface area (Å²) in [5.74, 6) is 0.169. The predicted molar refractivity (Wildman–Crippen MR) is 67.0 cm³/mol. The van der Waals surface area contributed by atoms with Gasteiger partial charge in [-0.15, -0.1) is 0 Å². The molecule has 0 aromatic rings. The molecular formula is C8H21KN2O4S2. The zero-order valence-corrected chi connectivity index (χ0v) is 15.2. The summed E-state index contributed by atoms with van der Waals surface area (Å²) in [4.78, 5) is 2.26. The van der Waals surface area contributed by atoms with Crippen molar-refractivity contribution in [3.05, 3.63) is 0 Å². The Bertz CT molecular complexity index is 243. The first-order valence-electron chi connectivity index (χ1n) is 4.98. The summed E-state index contributed by atoms with van der Waals surface area (Å²) in [5, 5.41) is 11.8. The van der Waals surface area contributed by atoms with E-state index in [0.29, 0.717) is 6.61 Å². The summed E-state index contributed by atoms with van der Waals surface area (Å²) < 4.78 is 18.1. The van der Waals surface area contributed by atoms with E-state index in [-0.39, 0.29) is 62.6 Å². The molecule has 9 heteroatoms. The van der Waals surface area contributed by atoms with Gasteiger partial charge in [0.25, 0.3) is 0 Å². The van der Waals surface area contributed by atoms with E-state index in [1.165, 1.54) is 0 Å². The number of hydrogen-bond donors (Lipinski definition) is 3. The van der Waals surface area contributed by atoms with E-state index in [9.17, 15) is 4.21 Å². The van der Waals surface area contributed by atoms with Crippen molar-refractivity contribution in [1.29, 1.82) is 0 Å². The van der Waals surface area contributed by atoms with Crippen LogP contribution in [0.1, 0.15) is 6.92 Å². The average molecular weight is 312 g/mol. The van der Waals surface area contributed by atoms with Crippen molar-refractivity contribution in [1.82, 2.24) is 10.2 Å². The number of hydrogen-bond acceptors (Lipinski definition) is 6. The zero-order chi connectivity index (χ0) is 11.7. The molecule has 0 aliphatic carbocycles. The van der Waals surface area contributed by atoms with Crippen molar-refractivity contribution >= 4 is 20.0 Å². The second kappa shape index (κ2) is 14.2. The zero-order valence-electron chi connectivity index (χ0n) is 10.5. The molecule has 1 saturated heterocycles. The number of nitrogens with zero attached hydrogens (tertiary/aromatic N) is 1. The predicted octanol–water partition coefficient (Wildman–Crippen LogP) is -4.06. The van der Waals surface area contributed by atoms with Crippen molar-refractivity contribution in [2.75, 3.05) is 45.1 Å². The molecule has 100 valence electrons. The molecule has 6 nitrogen and oxygen atoms in total. The Morgan fingerprint density at radius 3 is 2.12 bits per heavy atom. The Morgan fingerprint density at radius 2 is 1.82 bits per heavy atom. The molecule has 0 aromatic carbocycles. The first kappa shape index (κ1) is 23.9. The molecule has 0 aromatic heterocycles. The van der Waals surface area contributed by atoms with Gasteiger partial charge in [-0.3, -0.25) is 4.90 Å². The second-order valence-electron chi connectivity index (χ2n) is 3.19. The summed E-state index contributed by atoms with van der Waals surface area (Å²) >= 11 is 4.07. The molecule has 1 atom stereocenters. The van der Waals surface area contributed by atoms with Crippen LogP contribution >= 0.6 is 0 Å². The molecule has 0 spiro atoms. The van der Waals surface area contributed by atoms with Crippen LogP contribution in [0.25, 0.3) is 0 Å². The molecule has 17 heavy (non-hydrogen) atoms. The molecule has 1 fully saturated rings. The normalized spacial score (nSPS) is 18.8. The molecule has 0 amide bonds. The first-order chi connectivity index (χ1) is 6.99. The third kappa shape index (κ3) is 17.8. The van der Waals surface area contributed by atoms with Gasteiger partial charge >= 0.3 is 51.4 Å². The average Bonchev–Trinajstić information content (AvgIpc) is 2.20. The van der Waals surface area contributed by atoms with Crippen LogP contribution in [-0.2, 0) is 20.0 Å². The minimum atomic E-state index is -2.83. The maximum absolute atomic E-state index is 9.93. The van der Waals surface area contributed by atoms with E-state index in [4.69, 9.17) is 9.66 Å². The van der Waals surface area contributed by atoms with Crippen LogP contribution in [0.15, 0.2) is 0 Å². The summed E-state index contributed by atoms with van der Waals surface area (Å²) in [6.45, 7) is 7.01. The van der Waals surface area contributed by atoms with Crippen molar-refractivity contribution in [3.8, 4) is 0 Å². The van der Waals surface area contributed by atoms with Gasteiger partial charge in [-0.2, -0.15) is 0 Å². The van der Waals surface area contributed by atoms with Gasteiger partial charge in [0.05, 0.1) is 6.61 Å². The fourth-order valence-corrected chi connectivity index (χ4v) is 1.08. The van der Waals surface area contributed by atoms with Crippen LogP contribution in [-0.4, -0.2) is 69.3 Å². The van der Waals surface area contributed by atoms with Gasteiger partial charge < -0.3 is 20.5 Å². The van der Waals surface area contributed by atoms with Crippen LogP contribution in [0.2, 0.25) is 0 Å². The third-order valence-corrected chi connectivity index (χ3v) is 3.43. The Balaban J connectivity index is -0.000000221. The molecule has 1 unspecified atom stereocenters. The first-order valence-corrected chi connectivity index (χ1v) is 7.59. The maximum Gasteiger partial charge on any atom is 1.00 e. The molecule has 0 radical (unpaired) electrons. The summed E-state index contributed by atoms with van der Waals surface area (Å²) in [6, 6.07) is 0. The Labute approximate surface area is 151 Å². The third-order valence-electron chi connectivity index (χ3n) is 1.99. The fourth-order valence-electron chi connectivity index (χ4n) is 1.08. The molecule has 0 saturated carbocycles. The molecule has 1 heterocycles. The Morgan fingerprint density at radius 1 is 1.41 bits per heavy atom. The fraction of sp³-hybridized carbons (Fsp3) is 1.00. The van der Waals surface area contributed by atoms with Crippen LogP contribution in [0, 0.1) is 0 Å². The molecule has 4 N–H and O–H groups in total. The molecular weight excluding hydrogens is 291 g/mol. The quantitative estimate of drug-likeness (QED) is 0.456. The second-order valence-corrected chi connectivity index (χ2v) is 6.49. The van der Waals surface area contributed by atoms with E-state index in [1.807, 2.05) is 0 Å². The van der Waals surface area contributed by atoms with E-state index < -0.39 is 8.77 Å². The molecule has 0 bridgehead atoms. The molecule has 1 rings (SSSR count). The van der Waals surface area contributed by atoms with Crippen molar-refractivity contribution in [3.63, 3.8) is 0 Å². The van der Waals surface area contributed by atoms with Gasteiger partial charge in [-0.25, -0.2) is 4.21 Å². The van der Waals surface area contributed by atoms with E-state index in [0.717, 1.165) is 32.7 Å². The summed E-state index contributed by atoms with van der Waals surface area (Å²) in [6.07, 6.45) is 0. The molecule has 1 aliphatic heterocycles. The van der Waals surface area contributed by atoms with Gasteiger partial charge in [0.1, 0.15) is 8.77 Å². The number of nitrogens with one attached hydrogen (secondary N) is 1. The standard InChI is InChI=1S/C6H14N2O.C2H6O2S2.K.H2O/c9-6-5-8-3-1-7-2-4-8;1-2-6(3,4)5;;/h7,9H,1-6H2;2H2,1H3,(H,3,4,5);;1H2/q;;+1;/p-1. The van der Waals surface area contributed by atoms with Crippen molar-refractivity contribution in [2.24, 2.45) is 0 Å². The maximum atomic E-state index is 9.93. The van der Waals surface area contributed by atoms with Gasteiger partial charge in [0.15, 0.2) is 0 Å². The molecule has 1 aliphatic rings. The number of piperazine rings is 1. The number of rotatable bonds is 3. The van der Waals surface area contributed by atoms with Gasteiger partial charge in [-0.05, 0) is 0 Å². The Hall–Kier alpha value is 1.81. The van der Waals surface area contributed by atoms with E-state index in [2.05, 4.69) is 21.4 Å². The van der Waals surface area contributed by atoms with E-state index >= 15 is 0 Å². The van der Waals surface area contributed by atoms with Crippen molar-refractivity contribution in [2.45, 2.75) is 6.92 Å². The van der Waals surface area contributed by atoms with Crippen LogP contribution < -0.4 is 56.7 Å². The Kier molecular flexibility index (Phi) is 20.0. The SMILES string of the molecule is CCS(=O)(O)=S.OCCN1CCNCC1.[K+].[OH-]. The largest absolute Gasteiger partial charge is 1.00 e. The van der Waals surface area contributed by atoms with Crippen molar-refractivity contribution < 1.29 is 70.7 Å². The van der Waals surface area contributed by atoms with Gasteiger partial charge in [-0.1, -0.05) is 6.92 Å². The van der Waals surface area contributed by atoms with Gasteiger partial charge in [0, 0.05) is 49.7 Å². The van der Waals surface area contributed by atoms with Crippen LogP contribution in [0.4, 0.5) is 0 Å². The minimum Gasteiger partial charge on any atom is -0.870 e. The van der Waals surface area contributed by atoms with Crippen LogP contribution in [0.5, 0.6) is 0 Å².